The van der Waals surface area contributed by atoms with Crippen molar-refractivity contribution in [3.8, 4) is 0 Å². The van der Waals surface area contributed by atoms with Gasteiger partial charge in [0.15, 0.2) is 0 Å². The lowest BCUT2D eigenvalue weighted by atomic mass is 9.66. The van der Waals surface area contributed by atoms with Crippen molar-refractivity contribution in [3.63, 3.8) is 0 Å². The van der Waals surface area contributed by atoms with Crippen LogP contribution < -0.4 is 10.6 Å². The molecule has 1 atom stereocenters. The molecule has 0 aromatic rings. The molecule has 142 valence electrons. The van der Waals surface area contributed by atoms with Crippen LogP contribution in [0.4, 0.5) is 0 Å². The van der Waals surface area contributed by atoms with Gasteiger partial charge in [0, 0.05) is 11.6 Å². The van der Waals surface area contributed by atoms with E-state index in [1.807, 2.05) is 0 Å². The Hall–Kier alpha value is -0.0800. The monoisotopic (exact) mass is 336 g/mol. The predicted octanol–water partition coefficient (Wildman–Crippen LogP) is 5.66. The third-order valence-corrected chi connectivity index (χ3v) is 7.27. The van der Waals surface area contributed by atoms with Crippen LogP contribution in [0.25, 0.3) is 0 Å². The van der Waals surface area contributed by atoms with Crippen molar-refractivity contribution in [1.82, 2.24) is 10.6 Å². The van der Waals surface area contributed by atoms with Crippen molar-refractivity contribution < 1.29 is 0 Å². The summed E-state index contributed by atoms with van der Waals surface area (Å²) < 4.78 is 0. The molecule has 2 nitrogen and oxygen atoms in total. The summed E-state index contributed by atoms with van der Waals surface area (Å²) in [5, 5.41) is 7.74. The highest BCUT2D eigenvalue weighted by Crippen LogP contribution is 2.47. The number of hydrogen-bond acceptors (Lipinski definition) is 2. The maximum absolute atomic E-state index is 3.95. The highest BCUT2D eigenvalue weighted by molar-refractivity contribution is 5.08. The van der Waals surface area contributed by atoms with E-state index in [-0.39, 0.29) is 0 Å². The van der Waals surface area contributed by atoms with E-state index >= 15 is 0 Å². The van der Waals surface area contributed by atoms with Gasteiger partial charge in [0.05, 0.1) is 0 Å². The van der Waals surface area contributed by atoms with Gasteiger partial charge in [-0.1, -0.05) is 71.1 Å². The molecule has 2 N–H and O–H groups in total. The molecule has 2 heteroatoms. The molecule has 2 aliphatic rings. The fourth-order valence-corrected chi connectivity index (χ4v) is 6.04. The van der Waals surface area contributed by atoms with E-state index in [4.69, 9.17) is 0 Å². The summed E-state index contributed by atoms with van der Waals surface area (Å²) >= 11 is 0. The van der Waals surface area contributed by atoms with Crippen LogP contribution >= 0.6 is 0 Å². The van der Waals surface area contributed by atoms with Crippen molar-refractivity contribution in [1.29, 1.82) is 0 Å². The van der Waals surface area contributed by atoms with Crippen LogP contribution in [0.1, 0.15) is 103 Å². The predicted molar refractivity (Wildman–Crippen MR) is 107 cm³/mol. The van der Waals surface area contributed by atoms with Gasteiger partial charge in [-0.3, -0.25) is 0 Å². The molecule has 0 bridgehead atoms. The van der Waals surface area contributed by atoms with E-state index in [2.05, 4.69) is 31.7 Å². The van der Waals surface area contributed by atoms with Gasteiger partial charge in [0.2, 0.25) is 0 Å². The normalized spacial score (nSPS) is 21.6. The largest absolute Gasteiger partial charge is 0.315 e. The minimum absolute atomic E-state index is 0.352. The molecule has 2 aliphatic carbocycles. The Bertz CT molecular complexity index is 300. The quantitative estimate of drug-likeness (QED) is 0.449. The summed E-state index contributed by atoms with van der Waals surface area (Å²) in [5.41, 5.74) is 0.352. The van der Waals surface area contributed by atoms with E-state index in [0.717, 1.165) is 11.8 Å². The second-order valence-electron chi connectivity index (χ2n) is 8.54. The molecule has 2 rings (SSSR count). The van der Waals surface area contributed by atoms with Crippen LogP contribution in [-0.2, 0) is 0 Å². The number of likely N-dealkylation sites (N-methyl/N-ethyl adjacent to an activating group) is 2. The van der Waals surface area contributed by atoms with Gasteiger partial charge in [-0.2, -0.15) is 0 Å². The summed E-state index contributed by atoms with van der Waals surface area (Å²) in [7, 11) is 4.49. The van der Waals surface area contributed by atoms with Crippen molar-refractivity contribution in [2.75, 3.05) is 14.1 Å². The van der Waals surface area contributed by atoms with Gasteiger partial charge in [-0.25, -0.2) is 0 Å². The van der Waals surface area contributed by atoms with Crippen molar-refractivity contribution in [2.45, 2.75) is 115 Å². The first kappa shape index (κ1) is 20.2. The molecule has 0 spiro atoms. The number of rotatable bonds is 12. The Labute approximate surface area is 151 Å². The summed E-state index contributed by atoms with van der Waals surface area (Å²) in [5.74, 6) is 1.78. The Balaban J connectivity index is 1.99. The fraction of sp³-hybridized carbons (Fsp3) is 1.00. The summed E-state index contributed by atoms with van der Waals surface area (Å²) in [4.78, 5) is 0. The third kappa shape index (κ3) is 4.75. The number of hydrogen-bond donors (Lipinski definition) is 2. The number of nitrogens with one attached hydrogen (secondary N) is 2. The van der Waals surface area contributed by atoms with Gasteiger partial charge in [-0.15, -0.1) is 0 Å². The van der Waals surface area contributed by atoms with Gasteiger partial charge in [0.25, 0.3) is 0 Å². The highest BCUT2D eigenvalue weighted by atomic mass is 15.1. The van der Waals surface area contributed by atoms with Gasteiger partial charge in [0.1, 0.15) is 0 Å². The molecular weight excluding hydrogens is 292 g/mol. The molecule has 0 aromatic carbocycles. The molecule has 2 saturated carbocycles. The molecule has 0 amide bonds. The summed E-state index contributed by atoms with van der Waals surface area (Å²) in [6, 6.07) is 0.653. The molecule has 0 radical (unpaired) electrons. The molecule has 0 heterocycles. The molecule has 0 aliphatic heterocycles. The van der Waals surface area contributed by atoms with E-state index in [1.54, 1.807) is 0 Å². The Morgan fingerprint density at radius 1 is 0.792 bits per heavy atom. The summed E-state index contributed by atoms with van der Waals surface area (Å²) in [6.45, 7) is 2.31. The second kappa shape index (κ2) is 10.8. The fourth-order valence-electron chi connectivity index (χ4n) is 6.04. The van der Waals surface area contributed by atoms with Crippen molar-refractivity contribution in [2.24, 2.45) is 11.8 Å². The zero-order chi connectivity index (χ0) is 17.3. The molecule has 24 heavy (non-hydrogen) atoms. The summed E-state index contributed by atoms with van der Waals surface area (Å²) in [6.07, 6.45) is 21.4. The molecule has 0 saturated heterocycles. The first-order valence-corrected chi connectivity index (χ1v) is 11.2. The lowest BCUT2D eigenvalue weighted by Crippen LogP contribution is -2.65. The van der Waals surface area contributed by atoms with E-state index in [0.29, 0.717) is 11.6 Å². The van der Waals surface area contributed by atoms with Crippen molar-refractivity contribution in [3.05, 3.63) is 0 Å². The van der Waals surface area contributed by atoms with E-state index in [1.165, 1.54) is 96.3 Å². The van der Waals surface area contributed by atoms with Crippen LogP contribution in [0.15, 0.2) is 0 Å². The third-order valence-electron chi connectivity index (χ3n) is 7.27. The molecule has 2 fully saturated rings. The maximum atomic E-state index is 3.95. The minimum atomic E-state index is 0.352. The maximum Gasteiger partial charge on any atom is 0.0389 e. The first-order valence-electron chi connectivity index (χ1n) is 11.2. The first-order chi connectivity index (χ1) is 11.8. The van der Waals surface area contributed by atoms with Gasteiger partial charge >= 0.3 is 0 Å². The van der Waals surface area contributed by atoms with Crippen LogP contribution in [-0.4, -0.2) is 25.7 Å². The SMILES string of the molecule is CCCCCCCCC(NC)C(NC)(C1CCCC1)C1CCCC1. The van der Waals surface area contributed by atoms with Gasteiger partial charge < -0.3 is 10.6 Å². The van der Waals surface area contributed by atoms with Gasteiger partial charge in [-0.05, 0) is 58.0 Å². The van der Waals surface area contributed by atoms with Crippen LogP contribution in [0.5, 0.6) is 0 Å². The second-order valence-corrected chi connectivity index (χ2v) is 8.54. The molecule has 0 aromatic heterocycles. The van der Waals surface area contributed by atoms with Crippen LogP contribution in [0, 0.1) is 11.8 Å². The smallest absolute Gasteiger partial charge is 0.0389 e. The Morgan fingerprint density at radius 2 is 1.29 bits per heavy atom. The zero-order valence-electron chi connectivity index (χ0n) is 16.8. The molecule has 1 unspecified atom stereocenters. The standard InChI is InChI=1S/C22H44N2/c1-4-5-6-7-8-9-18-21(23-2)22(24-3,19-14-10-11-15-19)20-16-12-13-17-20/h19-21,23-24H,4-18H2,1-3H3. The molecular formula is C22H44N2. The lowest BCUT2D eigenvalue weighted by molar-refractivity contribution is 0.0833. The Morgan fingerprint density at radius 3 is 1.75 bits per heavy atom. The van der Waals surface area contributed by atoms with E-state index < -0.39 is 0 Å². The minimum Gasteiger partial charge on any atom is -0.315 e. The van der Waals surface area contributed by atoms with Crippen LogP contribution in [0.2, 0.25) is 0 Å². The van der Waals surface area contributed by atoms with E-state index in [9.17, 15) is 0 Å². The van der Waals surface area contributed by atoms with Crippen molar-refractivity contribution >= 4 is 0 Å². The Kier molecular flexibility index (Phi) is 9.11. The number of unbranched alkanes of at least 4 members (excludes halogenated alkanes) is 5. The zero-order valence-corrected chi connectivity index (χ0v) is 16.8. The lowest BCUT2D eigenvalue weighted by Gasteiger charge is -2.50. The van der Waals surface area contributed by atoms with Crippen LogP contribution in [0.3, 0.4) is 0 Å². The average molecular weight is 337 g/mol. The topological polar surface area (TPSA) is 24.1 Å². The average Bonchev–Trinajstić information content (AvgIpc) is 3.31. The highest BCUT2D eigenvalue weighted by Gasteiger charge is 2.50.